The first kappa shape index (κ1) is 16.5. The number of carbonyl (C=O) groups is 1. The van der Waals surface area contributed by atoms with Gasteiger partial charge in [-0.2, -0.15) is 0 Å². The standard InChI is InChI=1S/C15H30O2/c1-9-14(6,10-2)15(7,12(16)17-8)11-13(3,4)5/h9-11H2,1-8H3. The van der Waals surface area contributed by atoms with Crippen molar-refractivity contribution in [3.63, 3.8) is 0 Å². The van der Waals surface area contributed by atoms with Gasteiger partial charge in [0, 0.05) is 0 Å². The summed E-state index contributed by atoms with van der Waals surface area (Å²) in [6.45, 7) is 15.1. The molecule has 0 N–H and O–H groups in total. The number of hydrogen-bond donors (Lipinski definition) is 0. The van der Waals surface area contributed by atoms with Gasteiger partial charge in [-0.3, -0.25) is 4.79 Å². The number of hydrogen-bond acceptors (Lipinski definition) is 2. The van der Waals surface area contributed by atoms with E-state index in [1.165, 1.54) is 7.11 Å². The van der Waals surface area contributed by atoms with Crippen LogP contribution in [0.2, 0.25) is 0 Å². The molecular formula is C15H30O2. The van der Waals surface area contributed by atoms with Crippen LogP contribution in [0.4, 0.5) is 0 Å². The van der Waals surface area contributed by atoms with E-state index < -0.39 is 5.41 Å². The van der Waals surface area contributed by atoms with Gasteiger partial charge in [-0.1, -0.05) is 41.5 Å². The van der Waals surface area contributed by atoms with E-state index in [1.54, 1.807) is 0 Å². The largest absolute Gasteiger partial charge is 0.469 e. The molecule has 0 saturated heterocycles. The quantitative estimate of drug-likeness (QED) is 0.667. The number of ether oxygens (including phenoxy) is 1. The Hall–Kier alpha value is -0.530. The Morgan fingerprint density at radius 1 is 1.00 bits per heavy atom. The smallest absolute Gasteiger partial charge is 0.312 e. The van der Waals surface area contributed by atoms with Crippen LogP contribution in [-0.4, -0.2) is 13.1 Å². The van der Waals surface area contributed by atoms with Crippen molar-refractivity contribution in [3.05, 3.63) is 0 Å². The van der Waals surface area contributed by atoms with E-state index in [-0.39, 0.29) is 16.8 Å². The van der Waals surface area contributed by atoms with Gasteiger partial charge in [0.2, 0.25) is 0 Å². The lowest BCUT2D eigenvalue weighted by Gasteiger charge is -2.46. The summed E-state index contributed by atoms with van der Waals surface area (Å²) < 4.78 is 5.07. The zero-order chi connectivity index (χ0) is 13.9. The monoisotopic (exact) mass is 242 g/mol. The van der Waals surface area contributed by atoms with Gasteiger partial charge in [-0.25, -0.2) is 0 Å². The fourth-order valence-electron chi connectivity index (χ4n) is 2.85. The first-order valence-corrected chi connectivity index (χ1v) is 6.64. The van der Waals surface area contributed by atoms with Crippen LogP contribution in [0.5, 0.6) is 0 Å². The van der Waals surface area contributed by atoms with Crippen molar-refractivity contribution in [2.75, 3.05) is 7.11 Å². The maximum Gasteiger partial charge on any atom is 0.312 e. The fourth-order valence-corrected chi connectivity index (χ4v) is 2.85. The number of rotatable bonds is 5. The molecule has 1 atom stereocenters. The molecule has 0 radical (unpaired) electrons. The van der Waals surface area contributed by atoms with Gasteiger partial charge in [-0.05, 0) is 37.0 Å². The molecule has 0 spiro atoms. The highest BCUT2D eigenvalue weighted by molar-refractivity contribution is 5.77. The second-order valence-corrected chi connectivity index (χ2v) is 6.83. The van der Waals surface area contributed by atoms with Crippen molar-refractivity contribution < 1.29 is 9.53 Å². The van der Waals surface area contributed by atoms with Crippen molar-refractivity contribution in [2.45, 2.75) is 67.7 Å². The average molecular weight is 242 g/mol. The van der Waals surface area contributed by atoms with Gasteiger partial charge in [0.25, 0.3) is 0 Å². The molecule has 0 aromatic rings. The predicted molar refractivity (Wildman–Crippen MR) is 72.9 cm³/mol. The third-order valence-corrected chi connectivity index (χ3v) is 4.41. The Morgan fingerprint density at radius 3 is 1.65 bits per heavy atom. The van der Waals surface area contributed by atoms with Gasteiger partial charge >= 0.3 is 5.97 Å². The van der Waals surface area contributed by atoms with E-state index >= 15 is 0 Å². The summed E-state index contributed by atoms with van der Waals surface area (Å²) in [7, 11) is 1.50. The molecule has 0 saturated carbocycles. The Morgan fingerprint density at radius 2 is 1.41 bits per heavy atom. The van der Waals surface area contributed by atoms with Gasteiger partial charge in [0.05, 0.1) is 12.5 Å². The molecule has 17 heavy (non-hydrogen) atoms. The van der Waals surface area contributed by atoms with Crippen molar-refractivity contribution in [3.8, 4) is 0 Å². The topological polar surface area (TPSA) is 26.3 Å². The molecule has 0 aliphatic heterocycles. The summed E-state index contributed by atoms with van der Waals surface area (Å²) >= 11 is 0. The molecule has 0 heterocycles. The molecule has 0 aromatic carbocycles. The highest BCUT2D eigenvalue weighted by Crippen LogP contribution is 2.51. The van der Waals surface area contributed by atoms with Crippen molar-refractivity contribution in [2.24, 2.45) is 16.2 Å². The second-order valence-electron chi connectivity index (χ2n) is 6.83. The maximum absolute atomic E-state index is 12.3. The van der Waals surface area contributed by atoms with E-state index in [0.717, 1.165) is 19.3 Å². The van der Waals surface area contributed by atoms with E-state index in [4.69, 9.17) is 4.74 Å². The fraction of sp³-hybridized carbons (Fsp3) is 0.933. The molecule has 2 nitrogen and oxygen atoms in total. The molecule has 2 heteroatoms. The lowest BCUT2D eigenvalue weighted by molar-refractivity contribution is -0.164. The van der Waals surface area contributed by atoms with Crippen molar-refractivity contribution in [1.82, 2.24) is 0 Å². The normalized spacial score (nSPS) is 16.5. The molecular weight excluding hydrogens is 212 g/mol. The number of methoxy groups -OCH3 is 1. The minimum atomic E-state index is -0.413. The predicted octanol–water partition coefficient (Wildman–Crippen LogP) is 4.43. The summed E-state index contributed by atoms with van der Waals surface area (Å²) in [4.78, 5) is 12.3. The highest BCUT2D eigenvalue weighted by atomic mass is 16.5. The SMILES string of the molecule is CCC(C)(CC)C(C)(CC(C)(C)C)C(=O)OC. The first-order chi connectivity index (χ1) is 7.56. The van der Waals surface area contributed by atoms with Crippen LogP contribution >= 0.6 is 0 Å². The first-order valence-electron chi connectivity index (χ1n) is 6.64. The third-order valence-electron chi connectivity index (χ3n) is 4.41. The molecule has 0 rings (SSSR count). The molecule has 0 aliphatic carbocycles. The van der Waals surface area contributed by atoms with Crippen LogP contribution in [0.25, 0.3) is 0 Å². The Balaban J connectivity index is 5.46. The van der Waals surface area contributed by atoms with Crippen molar-refractivity contribution in [1.29, 1.82) is 0 Å². The van der Waals surface area contributed by atoms with Crippen LogP contribution < -0.4 is 0 Å². The minimum Gasteiger partial charge on any atom is -0.469 e. The van der Waals surface area contributed by atoms with Gasteiger partial charge in [-0.15, -0.1) is 0 Å². The lowest BCUT2D eigenvalue weighted by atomic mass is 9.57. The van der Waals surface area contributed by atoms with Crippen LogP contribution in [-0.2, 0) is 9.53 Å². The molecule has 0 aliphatic rings. The molecule has 1 unspecified atom stereocenters. The summed E-state index contributed by atoms with van der Waals surface area (Å²) in [5.74, 6) is -0.0707. The second kappa shape index (κ2) is 5.41. The number of carbonyl (C=O) groups excluding carboxylic acids is 1. The van der Waals surface area contributed by atoms with E-state index in [9.17, 15) is 4.79 Å². The zero-order valence-electron chi connectivity index (χ0n) is 12.9. The van der Waals surface area contributed by atoms with E-state index in [0.29, 0.717) is 0 Å². The average Bonchev–Trinajstić information content (AvgIpc) is 2.24. The van der Waals surface area contributed by atoms with Crippen LogP contribution in [0.15, 0.2) is 0 Å². The summed E-state index contributed by atoms with van der Waals surface area (Å²) in [5, 5.41) is 0. The molecule has 0 amide bonds. The van der Waals surface area contributed by atoms with Crippen LogP contribution in [0.3, 0.4) is 0 Å². The lowest BCUT2D eigenvalue weighted by Crippen LogP contribution is -2.46. The molecule has 102 valence electrons. The third kappa shape index (κ3) is 3.46. The van der Waals surface area contributed by atoms with Crippen LogP contribution in [0, 0.1) is 16.2 Å². The minimum absolute atomic E-state index is 0.00657. The summed E-state index contributed by atoms with van der Waals surface area (Å²) in [6.07, 6.45) is 2.83. The Kier molecular flexibility index (Phi) is 5.24. The summed E-state index contributed by atoms with van der Waals surface area (Å²) in [5.41, 5.74) is -0.300. The Labute approximate surface area is 107 Å². The molecule has 0 aromatic heterocycles. The van der Waals surface area contributed by atoms with E-state index in [2.05, 4.69) is 48.5 Å². The Bertz CT molecular complexity index is 259. The molecule has 0 fully saturated rings. The highest BCUT2D eigenvalue weighted by Gasteiger charge is 2.50. The van der Waals surface area contributed by atoms with Gasteiger partial charge < -0.3 is 4.74 Å². The van der Waals surface area contributed by atoms with Crippen molar-refractivity contribution >= 4 is 5.97 Å². The van der Waals surface area contributed by atoms with Gasteiger partial charge in [0.1, 0.15) is 0 Å². The zero-order valence-corrected chi connectivity index (χ0v) is 12.9. The summed E-state index contributed by atoms with van der Waals surface area (Å²) in [6, 6.07) is 0. The van der Waals surface area contributed by atoms with Gasteiger partial charge in [0.15, 0.2) is 0 Å². The number of esters is 1. The maximum atomic E-state index is 12.3. The molecule has 0 bridgehead atoms. The van der Waals surface area contributed by atoms with E-state index in [1.807, 2.05) is 0 Å². The van der Waals surface area contributed by atoms with Crippen LogP contribution in [0.1, 0.15) is 67.7 Å².